The highest BCUT2D eigenvalue weighted by molar-refractivity contribution is 8.66. The fraction of sp³-hybridized carbons (Fsp3) is 0.300. The van der Waals surface area contributed by atoms with E-state index < -0.39 is 5.69 Å². The summed E-state index contributed by atoms with van der Waals surface area (Å²) < 4.78 is 14.9. The highest BCUT2D eigenvalue weighted by Gasteiger charge is 2.20. The zero-order valence-corrected chi connectivity index (χ0v) is 12.0. The highest BCUT2D eigenvalue weighted by Crippen LogP contribution is 2.60. The molecule has 7 heteroatoms. The molecule has 1 aromatic rings. The second-order valence-corrected chi connectivity index (χ2v) is 8.97. The molecule has 0 amide bonds. The van der Waals surface area contributed by atoms with E-state index in [2.05, 4.69) is 0 Å². The maximum Gasteiger partial charge on any atom is 0.322 e. The van der Waals surface area contributed by atoms with Crippen molar-refractivity contribution in [3.63, 3.8) is 0 Å². The van der Waals surface area contributed by atoms with E-state index in [1.165, 1.54) is 14.2 Å². The van der Waals surface area contributed by atoms with Gasteiger partial charge in [-0.25, -0.2) is 0 Å². The van der Waals surface area contributed by atoms with Crippen LogP contribution in [0.2, 0.25) is 0 Å². The molecule has 0 fully saturated rings. The number of hydrogen-bond donors (Lipinski definition) is 0. The molecule has 0 aliphatic carbocycles. The van der Waals surface area contributed by atoms with Gasteiger partial charge in [-0.2, -0.15) is 0 Å². The van der Waals surface area contributed by atoms with E-state index in [4.69, 9.17) is 25.0 Å². The second kappa shape index (κ2) is 7.13. The normalized spacial score (nSPS) is 11.2. The Balaban J connectivity index is 2.43. The van der Waals surface area contributed by atoms with Crippen LogP contribution in [0.5, 0.6) is 0 Å². The molecule has 4 nitrogen and oxygen atoms in total. The molecule has 0 radical (unpaired) electrons. The lowest BCUT2D eigenvalue weighted by Crippen LogP contribution is -2.03. The number of carbonyl (C=O) groups is 1. The summed E-state index contributed by atoms with van der Waals surface area (Å²) in [6, 6.07) is 9.33. The Hall–Kier alpha value is -0.390. The van der Waals surface area contributed by atoms with Crippen LogP contribution in [0, 0.1) is 0 Å². The van der Waals surface area contributed by atoms with Crippen LogP contribution in [0.4, 0.5) is 0 Å². The van der Waals surface area contributed by atoms with Crippen molar-refractivity contribution in [2.24, 2.45) is 0 Å². The summed E-state index contributed by atoms with van der Waals surface area (Å²) in [6.45, 7) is 0. The van der Waals surface area contributed by atoms with Gasteiger partial charge in [-0.1, -0.05) is 30.3 Å². The predicted octanol–water partition coefficient (Wildman–Crippen LogP) is 2.94. The molecule has 0 spiro atoms. The van der Waals surface area contributed by atoms with Crippen molar-refractivity contribution in [3.05, 3.63) is 35.9 Å². The third-order valence-electron chi connectivity index (χ3n) is 1.86. The van der Waals surface area contributed by atoms with Crippen molar-refractivity contribution in [2.45, 2.75) is 6.42 Å². The molecule has 0 aliphatic heterocycles. The van der Waals surface area contributed by atoms with Crippen LogP contribution in [0.15, 0.2) is 30.3 Å². The smallest absolute Gasteiger partial charge is 0.322 e. The van der Waals surface area contributed by atoms with E-state index >= 15 is 0 Å². The molecular weight excluding hydrogens is 279 g/mol. The Labute approximate surface area is 110 Å². The second-order valence-electron chi connectivity index (χ2n) is 3.00. The summed E-state index contributed by atoms with van der Waals surface area (Å²) in [5.74, 6) is -0.371. The predicted molar refractivity (Wildman–Crippen MR) is 72.1 cm³/mol. The van der Waals surface area contributed by atoms with Crippen molar-refractivity contribution in [3.8, 4) is 0 Å². The van der Waals surface area contributed by atoms with Gasteiger partial charge in [0.05, 0.1) is 6.42 Å². The first kappa shape index (κ1) is 14.7. The molecule has 0 aliphatic rings. The summed E-state index contributed by atoms with van der Waals surface area (Å²) in [4.78, 5) is 11.5. The molecule has 94 valence electrons. The monoisotopic (exact) mass is 292 g/mol. The minimum Gasteiger partial charge on any atom is -0.381 e. The third-order valence-corrected chi connectivity index (χ3v) is 6.31. The molecule has 0 N–H and O–H groups in total. The molecule has 0 aromatic heterocycles. The minimum atomic E-state index is -2.53. The van der Waals surface area contributed by atoms with Crippen LogP contribution in [-0.4, -0.2) is 20.2 Å². The van der Waals surface area contributed by atoms with Gasteiger partial charge in [-0.15, -0.1) is 0 Å². The minimum absolute atomic E-state index is 0.205. The third kappa shape index (κ3) is 5.19. The van der Waals surface area contributed by atoms with Crippen LogP contribution < -0.4 is 0 Å². The Morgan fingerprint density at radius 3 is 2.41 bits per heavy atom. The molecule has 17 heavy (non-hydrogen) atoms. The molecule has 1 rings (SSSR count). The van der Waals surface area contributed by atoms with Gasteiger partial charge in [0.2, 0.25) is 0 Å². The van der Waals surface area contributed by atoms with Crippen LogP contribution in [-0.2, 0) is 36.3 Å². The zero-order valence-electron chi connectivity index (χ0n) is 9.49. The van der Waals surface area contributed by atoms with Gasteiger partial charge in [0.1, 0.15) is 0 Å². The average Bonchev–Trinajstić information content (AvgIpc) is 2.37. The Kier molecular flexibility index (Phi) is 6.16. The molecule has 1 aromatic carbocycles. The number of hydrogen-bond acceptors (Lipinski definition) is 6. The van der Waals surface area contributed by atoms with Crippen molar-refractivity contribution in [1.82, 2.24) is 0 Å². The fourth-order valence-corrected chi connectivity index (χ4v) is 2.68. The standard InChI is InChI=1S/C10H13O4PS2/c1-12-15(16,13-2)17-14-10(11)8-9-6-4-3-5-7-9/h3-7H,8H2,1-2H3. The van der Waals surface area contributed by atoms with Gasteiger partial charge in [-0.3, -0.25) is 4.79 Å². The SMILES string of the molecule is COP(=S)(OC)SOC(=O)Cc1ccccc1. The van der Waals surface area contributed by atoms with E-state index in [-0.39, 0.29) is 12.4 Å². The zero-order chi connectivity index (χ0) is 12.7. The first-order valence-corrected chi connectivity index (χ1v) is 8.72. The van der Waals surface area contributed by atoms with Crippen LogP contribution in [0.3, 0.4) is 0 Å². The Morgan fingerprint density at radius 1 is 1.29 bits per heavy atom. The van der Waals surface area contributed by atoms with E-state index in [1.807, 2.05) is 30.3 Å². The first-order chi connectivity index (χ1) is 8.09. The van der Waals surface area contributed by atoms with E-state index in [1.54, 1.807) is 0 Å². The topological polar surface area (TPSA) is 44.8 Å². The fourth-order valence-electron chi connectivity index (χ4n) is 1.01. The molecule has 0 saturated heterocycles. The van der Waals surface area contributed by atoms with E-state index in [9.17, 15) is 4.79 Å². The van der Waals surface area contributed by atoms with E-state index in [0.717, 1.165) is 17.2 Å². The first-order valence-electron chi connectivity index (χ1n) is 4.74. The average molecular weight is 292 g/mol. The highest BCUT2D eigenvalue weighted by atomic mass is 32.9. The Morgan fingerprint density at radius 2 is 1.88 bits per heavy atom. The molecular formula is C10H13O4PS2. The summed E-state index contributed by atoms with van der Waals surface area (Å²) in [7, 11) is 2.87. The molecule has 0 atom stereocenters. The maximum absolute atomic E-state index is 11.5. The molecule has 0 bridgehead atoms. The van der Waals surface area contributed by atoms with Crippen molar-refractivity contribution in [1.29, 1.82) is 0 Å². The maximum atomic E-state index is 11.5. The van der Waals surface area contributed by atoms with Gasteiger partial charge in [0.25, 0.3) is 5.69 Å². The summed E-state index contributed by atoms with van der Waals surface area (Å²) in [6.07, 6.45) is 0.205. The summed E-state index contributed by atoms with van der Waals surface area (Å²) in [5, 5.41) is 0. The summed E-state index contributed by atoms with van der Waals surface area (Å²) >= 11 is 5.82. The van der Waals surface area contributed by atoms with Crippen molar-refractivity contribution < 1.29 is 18.0 Å². The molecule has 0 unspecified atom stereocenters. The van der Waals surface area contributed by atoms with Gasteiger partial charge in [0, 0.05) is 14.2 Å². The van der Waals surface area contributed by atoms with Crippen LogP contribution >= 0.6 is 17.4 Å². The molecule has 0 heterocycles. The van der Waals surface area contributed by atoms with Crippen LogP contribution in [0.1, 0.15) is 5.56 Å². The van der Waals surface area contributed by atoms with Gasteiger partial charge in [0.15, 0.2) is 11.7 Å². The quantitative estimate of drug-likeness (QED) is 0.593. The van der Waals surface area contributed by atoms with E-state index in [0.29, 0.717) is 0 Å². The van der Waals surface area contributed by atoms with Gasteiger partial charge >= 0.3 is 5.97 Å². The number of carbonyl (C=O) groups excluding carboxylic acids is 1. The van der Waals surface area contributed by atoms with Gasteiger partial charge in [-0.05, 0) is 17.4 Å². The van der Waals surface area contributed by atoms with Crippen molar-refractivity contribution >= 4 is 35.1 Å². The molecule has 0 saturated carbocycles. The lowest BCUT2D eigenvalue weighted by Gasteiger charge is -2.14. The lowest BCUT2D eigenvalue weighted by molar-refractivity contribution is -0.132. The van der Waals surface area contributed by atoms with Gasteiger partial charge < -0.3 is 13.2 Å². The number of benzene rings is 1. The Bertz CT molecular complexity index is 402. The number of rotatable bonds is 6. The lowest BCUT2D eigenvalue weighted by atomic mass is 10.2. The summed E-state index contributed by atoms with van der Waals surface area (Å²) in [5.41, 5.74) is -1.64. The largest absolute Gasteiger partial charge is 0.381 e. The van der Waals surface area contributed by atoms with Crippen LogP contribution in [0.25, 0.3) is 0 Å². The van der Waals surface area contributed by atoms with Crippen molar-refractivity contribution in [2.75, 3.05) is 14.2 Å².